The minimum atomic E-state index is -0.118. The third-order valence-corrected chi connectivity index (χ3v) is 3.71. The van der Waals surface area contributed by atoms with E-state index in [0.29, 0.717) is 12.0 Å². The monoisotopic (exact) mass is 287 g/mol. The molecule has 0 radical (unpaired) electrons. The third kappa shape index (κ3) is 3.85. The SMILES string of the molecule is CSc1ccc(C(=O)Nc2ccc(CCO)cc2)cc1. The number of benzene rings is 2. The molecule has 0 aliphatic heterocycles. The van der Waals surface area contributed by atoms with Gasteiger partial charge in [-0.1, -0.05) is 12.1 Å². The summed E-state index contributed by atoms with van der Waals surface area (Å²) in [6, 6.07) is 15.0. The summed E-state index contributed by atoms with van der Waals surface area (Å²) < 4.78 is 0. The highest BCUT2D eigenvalue weighted by Gasteiger charge is 2.05. The van der Waals surface area contributed by atoms with E-state index in [4.69, 9.17) is 5.11 Å². The molecule has 0 saturated heterocycles. The van der Waals surface area contributed by atoms with Crippen LogP contribution in [0.4, 0.5) is 5.69 Å². The Morgan fingerprint density at radius 2 is 1.75 bits per heavy atom. The molecule has 2 N–H and O–H groups in total. The number of aliphatic hydroxyl groups is 1. The molecule has 0 spiro atoms. The summed E-state index contributed by atoms with van der Waals surface area (Å²) in [7, 11) is 0. The van der Waals surface area contributed by atoms with Crippen LogP contribution >= 0.6 is 11.8 Å². The molecule has 4 heteroatoms. The van der Waals surface area contributed by atoms with Gasteiger partial charge in [-0.15, -0.1) is 11.8 Å². The Bertz CT molecular complexity index is 564. The maximum absolute atomic E-state index is 12.1. The minimum absolute atomic E-state index is 0.118. The lowest BCUT2D eigenvalue weighted by atomic mass is 10.1. The van der Waals surface area contributed by atoms with Gasteiger partial charge in [0.15, 0.2) is 0 Å². The van der Waals surface area contributed by atoms with Crippen molar-refractivity contribution in [1.82, 2.24) is 0 Å². The molecule has 0 bridgehead atoms. The number of rotatable bonds is 5. The van der Waals surface area contributed by atoms with Crippen molar-refractivity contribution in [3.63, 3.8) is 0 Å². The van der Waals surface area contributed by atoms with Crippen molar-refractivity contribution >= 4 is 23.4 Å². The van der Waals surface area contributed by atoms with Crippen LogP contribution < -0.4 is 5.32 Å². The zero-order valence-electron chi connectivity index (χ0n) is 11.3. The van der Waals surface area contributed by atoms with Crippen LogP contribution in [0.1, 0.15) is 15.9 Å². The first kappa shape index (κ1) is 14.6. The van der Waals surface area contributed by atoms with E-state index >= 15 is 0 Å². The average Bonchev–Trinajstić information content (AvgIpc) is 2.49. The molecule has 104 valence electrons. The van der Waals surface area contributed by atoms with Gasteiger partial charge in [0.1, 0.15) is 0 Å². The molecule has 2 rings (SSSR count). The lowest BCUT2D eigenvalue weighted by molar-refractivity contribution is 0.102. The molecule has 0 heterocycles. The van der Waals surface area contributed by atoms with Crippen LogP contribution in [-0.4, -0.2) is 23.9 Å². The normalized spacial score (nSPS) is 10.3. The Hall–Kier alpha value is -1.78. The summed E-state index contributed by atoms with van der Waals surface area (Å²) in [6.45, 7) is 0.132. The van der Waals surface area contributed by atoms with Gasteiger partial charge in [-0.05, 0) is 54.6 Å². The van der Waals surface area contributed by atoms with E-state index < -0.39 is 0 Å². The van der Waals surface area contributed by atoms with Gasteiger partial charge < -0.3 is 10.4 Å². The Morgan fingerprint density at radius 3 is 2.30 bits per heavy atom. The van der Waals surface area contributed by atoms with E-state index in [1.807, 2.05) is 54.8 Å². The molecule has 0 aromatic heterocycles. The van der Waals surface area contributed by atoms with E-state index in [0.717, 1.165) is 16.1 Å². The number of nitrogens with one attached hydrogen (secondary N) is 1. The Morgan fingerprint density at radius 1 is 1.10 bits per heavy atom. The predicted molar refractivity (Wildman–Crippen MR) is 83.4 cm³/mol. The number of carbonyl (C=O) groups is 1. The molecule has 0 fully saturated rings. The largest absolute Gasteiger partial charge is 0.396 e. The Kier molecular flexibility index (Phi) is 5.21. The van der Waals surface area contributed by atoms with Crippen molar-refractivity contribution in [2.75, 3.05) is 18.2 Å². The van der Waals surface area contributed by atoms with Crippen molar-refractivity contribution in [3.05, 3.63) is 59.7 Å². The van der Waals surface area contributed by atoms with Gasteiger partial charge in [0.2, 0.25) is 0 Å². The summed E-state index contributed by atoms with van der Waals surface area (Å²) >= 11 is 1.65. The zero-order chi connectivity index (χ0) is 14.4. The average molecular weight is 287 g/mol. The second-order valence-corrected chi connectivity index (χ2v) is 5.23. The molecule has 20 heavy (non-hydrogen) atoms. The van der Waals surface area contributed by atoms with Crippen LogP contribution in [0.5, 0.6) is 0 Å². The van der Waals surface area contributed by atoms with Crippen LogP contribution in [0, 0.1) is 0 Å². The standard InChI is InChI=1S/C16H17NO2S/c1-20-15-8-4-13(5-9-15)16(19)17-14-6-2-12(3-7-14)10-11-18/h2-9,18H,10-11H2,1H3,(H,17,19). The minimum Gasteiger partial charge on any atom is -0.396 e. The van der Waals surface area contributed by atoms with Crippen LogP contribution in [-0.2, 0) is 6.42 Å². The van der Waals surface area contributed by atoms with Crippen LogP contribution in [0.2, 0.25) is 0 Å². The molecule has 0 aliphatic carbocycles. The highest BCUT2D eigenvalue weighted by molar-refractivity contribution is 7.98. The first-order valence-electron chi connectivity index (χ1n) is 6.38. The molecule has 0 unspecified atom stereocenters. The molecule has 3 nitrogen and oxygen atoms in total. The van der Waals surface area contributed by atoms with Crippen molar-refractivity contribution in [2.45, 2.75) is 11.3 Å². The van der Waals surface area contributed by atoms with E-state index in [1.165, 1.54) is 0 Å². The summed E-state index contributed by atoms with van der Waals surface area (Å²) in [6.07, 6.45) is 2.63. The van der Waals surface area contributed by atoms with Gasteiger partial charge in [-0.25, -0.2) is 0 Å². The summed E-state index contributed by atoms with van der Waals surface area (Å²) in [5, 5.41) is 11.7. The lowest BCUT2D eigenvalue weighted by Crippen LogP contribution is -2.11. The maximum atomic E-state index is 12.1. The van der Waals surface area contributed by atoms with E-state index in [2.05, 4.69) is 5.32 Å². The zero-order valence-corrected chi connectivity index (χ0v) is 12.1. The van der Waals surface area contributed by atoms with Crippen LogP contribution in [0.3, 0.4) is 0 Å². The Labute approximate surface area is 123 Å². The fourth-order valence-corrected chi connectivity index (χ4v) is 2.24. The number of thioether (sulfide) groups is 1. The summed E-state index contributed by atoms with van der Waals surface area (Å²) in [5.74, 6) is -0.118. The number of carbonyl (C=O) groups excluding carboxylic acids is 1. The molecule has 0 saturated carbocycles. The predicted octanol–water partition coefficient (Wildman–Crippen LogP) is 3.20. The van der Waals surface area contributed by atoms with Crippen molar-refractivity contribution in [3.8, 4) is 0 Å². The first-order valence-corrected chi connectivity index (χ1v) is 7.60. The number of aliphatic hydroxyl groups excluding tert-OH is 1. The summed E-state index contributed by atoms with van der Waals surface area (Å²) in [4.78, 5) is 13.2. The number of hydrogen-bond donors (Lipinski definition) is 2. The molecule has 2 aromatic rings. The Balaban J connectivity index is 2.02. The fraction of sp³-hybridized carbons (Fsp3) is 0.188. The molecular weight excluding hydrogens is 270 g/mol. The number of amides is 1. The smallest absolute Gasteiger partial charge is 0.255 e. The second kappa shape index (κ2) is 7.12. The second-order valence-electron chi connectivity index (χ2n) is 4.35. The molecule has 1 amide bonds. The van der Waals surface area contributed by atoms with E-state index in [1.54, 1.807) is 11.8 Å². The van der Waals surface area contributed by atoms with E-state index in [-0.39, 0.29) is 12.5 Å². The van der Waals surface area contributed by atoms with Gasteiger partial charge in [-0.2, -0.15) is 0 Å². The number of anilines is 1. The van der Waals surface area contributed by atoms with Crippen LogP contribution in [0.25, 0.3) is 0 Å². The molecular formula is C16H17NO2S. The van der Waals surface area contributed by atoms with Crippen LogP contribution in [0.15, 0.2) is 53.4 Å². The molecule has 0 atom stereocenters. The highest BCUT2D eigenvalue weighted by atomic mass is 32.2. The quantitative estimate of drug-likeness (QED) is 0.830. The highest BCUT2D eigenvalue weighted by Crippen LogP contribution is 2.16. The van der Waals surface area contributed by atoms with Crippen molar-refractivity contribution < 1.29 is 9.90 Å². The topological polar surface area (TPSA) is 49.3 Å². The van der Waals surface area contributed by atoms with Gasteiger partial charge in [0.25, 0.3) is 5.91 Å². The first-order chi connectivity index (χ1) is 9.72. The van der Waals surface area contributed by atoms with Gasteiger partial charge in [-0.3, -0.25) is 4.79 Å². The van der Waals surface area contributed by atoms with Crippen molar-refractivity contribution in [1.29, 1.82) is 0 Å². The molecule has 0 aliphatic rings. The third-order valence-electron chi connectivity index (χ3n) is 2.96. The number of hydrogen-bond acceptors (Lipinski definition) is 3. The van der Waals surface area contributed by atoms with Gasteiger partial charge >= 0.3 is 0 Å². The summed E-state index contributed by atoms with van der Waals surface area (Å²) in [5.41, 5.74) is 2.45. The maximum Gasteiger partial charge on any atom is 0.255 e. The fourth-order valence-electron chi connectivity index (χ4n) is 1.83. The molecule has 2 aromatic carbocycles. The van der Waals surface area contributed by atoms with Gasteiger partial charge in [0.05, 0.1) is 0 Å². The van der Waals surface area contributed by atoms with Gasteiger partial charge in [0, 0.05) is 22.8 Å². The lowest BCUT2D eigenvalue weighted by Gasteiger charge is -2.07. The van der Waals surface area contributed by atoms with E-state index in [9.17, 15) is 4.79 Å². The van der Waals surface area contributed by atoms with Crippen molar-refractivity contribution in [2.24, 2.45) is 0 Å².